The van der Waals surface area contributed by atoms with E-state index in [0.717, 1.165) is 31.4 Å². The summed E-state index contributed by atoms with van der Waals surface area (Å²) in [5, 5.41) is 5.56. The van der Waals surface area contributed by atoms with Crippen molar-refractivity contribution in [3.8, 4) is 11.3 Å². The van der Waals surface area contributed by atoms with Crippen LogP contribution in [0.5, 0.6) is 0 Å². The zero-order valence-corrected chi connectivity index (χ0v) is 21.7. The van der Waals surface area contributed by atoms with E-state index >= 15 is 0 Å². The molecule has 0 aliphatic rings. The molecule has 2 aromatic heterocycles. The number of aromatic nitrogens is 2. The van der Waals surface area contributed by atoms with Crippen LogP contribution in [0.15, 0.2) is 68.9 Å². The number of hydrogen-bond acceptors (Lipinski definition) is 6. The van der Waals surface area contributed by atoms with E-state index in [4.69, 9.17) is 0 Å². The highest BCUT2D eigenvalue weighted by atomic mass is 79.9. The maximum Gasteiger partial charge on any atom is 0.236 e. The first kappa shape index (κ1) is 23.2. The maximum absolute atomic E-state index is 12.4. The van der Waals surface area contributed by atoms with Crippen LogP contribution in [0, 0.1) is 0 Å². The first-order valence-corrected chi connectivity index (χ1v) is 13.6. The molecule has 0 radical (unpaired) electrons. The summed E-state index contributed by atoms with van der Waals surface area (Å²) in [5.74, 6) is 0.764. The quantitative estimate of drug-likeness (QED) is 0.234. The largest absolute Gasteiger partial charge is 0.301 e. The fourth-order valence-corrected chi connectivity index (χ4v) is 5.79. The molecule has 0 atom stereocenters. The summed E-state index contributed by atoms with van der Waals surface area (Å²) >= 11 is 7.96. The van der Waals surface area contributed by atoms with Crippen molar-refractivity contribution in [2.75, 3.05) is 11.1 Å². The maximum atomic E-state index is 12.4. The zero-order chi connectivity index (χ0) is 22.5. The monoisotopic (exact) mass is 543 g/mol. The highest BCUT2D eigenvalue weighted by Crippen LogP contribution is 2.29. The SMILES string of the molecule is CC(C)c1ccc(Cc2cnc(NC(=O)CSc3nc(-c4ccc(Br)cc4)cs3)s2)cc1. The Balaban J connectivity index is 1.28. The molecule has 0 aliphatic heterocycles. The van der Waals surface area contributed by atoms with Gasteiger partial charge in [0.1, 0.15) is 0 Å². The van der Waals surface area contributed by atoms with Crippen LogP contribution in [0.1, 0.15) is 35.8 Å². The predicted octanol–water partition coefficient (Wildman–Crippen LogP) is 7.47. The number of halogens is 1. The van der Waals surface area contributed by atoms with Gasteiger partial charge in [-0.05, 0) is 29.2 Å². The van der Waals surface area contributed by atoms with Gasteiger partial charge in [-0.3, -0.25) is 4.79 Å². The number of carbonyl (C=O) groups excluding carboxylic acids is 1. The second-order valence-electron chi connectivity index (χ2n) is 7.55. The van der Waals surface area contributed by atoms with Gasteiger partial charge in [-0.2, -0.15) is 0 Å². The van der Waals surface area contributed by atoms with Gasteiger partial charge in [0.15, 0.2) is 9.47 Å². The average Bonchev–Trinajstić information content (AvgIpc) is 3.43. The first-order chi connectivity index (χ1) is 15.5. The lowest BCUT2D eigenvalue weighted by Gasteiger charge is -2.06. The van der Waals surface area contributed by atoms with Gasteiger partial charge in [-0.15, -0.1) is 22.7 Å². The second-order valence-corrected chi connectivity index (χ2v) is 11.7. The summed E-state index contributed by atoms with van der Waals surface area (Å²) in [6, 6.07) is 16.7. The average molecular weight is 545 g/mol. The first-order valence-electron chi connectivity index (χ1n) is 10.1. The van der Waals surface area contributed by atoms with Crippen LogP contribution in [-0.2, 0) is 11.2 Å². The Kier molecular flexibility index (Phi) is 7.78. The molecule has 1 amide bonds. The van der Waals surface area contributed by atoms with Crippen molar-refractivity contribution >= 4 is 61.4 Å². The van der Waals surface area contributed by atoms with Crippen LogP contribution < -0.4 is 5.32 Å². The number of amides is 1. The molecule has 0 saturated heterocycles. The lowest BCUT2D eigenvalue weighted by atomic mass is 10.0. The van der Waals surface area contributed by atoms with Crippen molar-refractivity contribution in [1.82, 2.24) is 9.97 Å². The van der Waals surface area contributed by atoms with Crippen molar-refractivity contribution in [1.29, 1.82) is 0 Å². The van der Waals surface area contributed by atoms with Crippen LogP contribution in [0.3, 0.4) is 0 Å². The molecule has 4 rings (SSSR count). The number of rotatable bonds is 8. The van der Waals surface area contributed by atoms with Gasteiger partial charge in [0.25, 0.3) is 0 Å². The van der Waals surface area contributed by atoms with Crippen LogP contribution in [0.25, 0.3) is 11.3 Å². The molecule has 2 aromatic carbocycles. The molecule has 4 aromatic rings. The smallest absolute Gasteiger partial charge is 0.236 e. The van der Waals surface area contributed by atoms with E-state index in [1.165, 1.54) is 34.2 Å². The molecule has 0 unspecified atom stereocenters. The Labute approximate surface area is 208 Å². The summed E-state index contributed by atoms with van der Waals surface area (Å²) < 4.78 is 1.92. The second kappa shape index (κ2) is 10.7. The normalized spacial score (nSPS) is 11.1. The van der Waals surface area contributed by atoms with Gasteiger partial charge in [-0.25, -0.2) is 9.97 Å². The number of anilines is 1. The lowest BCUT2D eigenvalue weighted by Crippen LogP contribution is -2.13. The van der Waals surface area contributed by atoms with Crippen molar-refractivity contribution in [3.05, 3.63) is 80.6 Å². The number of carbonyl (C=O) groups is 1. The number of nitrogens with one attached hydrogen (secondary N) is 1. The third-order valence-electron chi connectivity index (χ3n) is 4.77. The Morgan fingerprint density at radius 3 is 2.59 bits per heavy atom. The molecule has 0 aliphatic carbocycles. The summed E-state index contributed by atoms with van der Waals surface area (Å²) in [6.45, 7) is 4.39. The highest BCUT2D eigenvalue weighted by Gasteiger charge is 2.11. The van der Waals surface area contributed by atoms with Gasteiger partial charge in [0.05, 0.1) is 11.4 Å². The van der Waals surface area contributed by atoms with E-state index in [1.54, 1.807) is 11.3 Å². The zero-order valence-electron chi connectivity index (χ0n) is 17.7. The minimum absolute atomic E-state index is 0.0717. The third kappa shape index (κ3) is 6.28. The van der Waals surface area contributed by atoms with Crippen molar-refractivity contribution < 1.29 is 4.79 Å². The molecule has 1 N–H and O–H groups in total. The Bertz CT molecular complexity index is 1180. The number of thiazole rings is 2. The summed E-state index contributed by atoms with van der Waals surface area (Å²) in [7, 11) is 0. The molecule has 164 valence electrons. The highest BCUT2D eigenvalue weighted by molar-refractivity contribution is 9.10. The Hall–Kier alpha value is -2.00. The molecular weight excluding hydrogens is 522 g/mol. The van der Waals surface area contributed by atoms with Crippen molar-refractivity contribution in [2.24, 2.45) is 0 Å². The van der Waals surface area contributed by atoms with Gasteiger partial charge >= 0.3 is 0 Å². The molecule has 32 heavy (non-hydrogen) atoms. The minimum Gasteiger partial charge on any atom is -0.301 e. The number of nitrogens with zero attached hydrogens (tertiary/aromatic N) is 2. The summed E-state index contributed by atoms with van der Waals surface area (Å²) in [6.07, 6.45) is 2.66. The predicted molar refractivity (Wildman–Crippen MR) is 140 cm³/mol. The fourth-order valence-electron chi connectivity index (χ4n) is 3.03. The van der Waals surface area contributed by atoms with E-state index in [2.05, 4.69) is 69.3 Å². The Morgan fingerprint density at radius 1 is 1.12 bits per heavy atom. The van der Waals surface area contributed by atoms with E-state index in [0.29, 0.717) is 16.8 Å². The third-order valence-corrected chi connectivity index (χ3v) is 8.24. The van der Waals surface area contributed by atoms with E-state index in [1.807, 2.05) is 35.8 Å². The van der Waals surface area contributed by atoms with Crippen LogP contribution in [0.2, 0.25) is 0 Å². The molecule has 4 nitrogen and oxygen atoms in total. The van der Waals surface area contributed by atoms with Gasteiger partial charge < -0.3 is 5.32 Å². The van der Waals surface area contributed by atoms with Crippen molar-refractivity contribution in [2.45, 2.75) is 30.5 Å². The van der Waals surface area contributed by atoms with Crippen LogP contribution >= 0.6 is 50.4 Å². The molecular formula is C24H22BrN3OS3. The van der Waals surface area contributed by atoms with Crippen LogP contribution in [-0.4, -0.2) is 21.6 Å². The number of hydrogen-bond donors (Lipinski definition) is 1. The summed E-state index contributed by atoms with van der Waals surface area (Å²) in [5.41, 5.74) is 4.58. The fraction of sp³-hybridized carbons (Fsp3) is 0.208. The lowest BCUT2D eigenvalue weighted by molar-refractivity contribution is -0.113. The van der Waals surface area contributed by atoms with Crippen molar-refractivity contribution in [3.63, 3.8) is 0 Å². The summed E-state index contributed by atoms with van der Waals surface area (Å²) in [4.78, 5) is 22.5. The standard InChI is InChI=1S/C24H22BrN3OS3/c1-15(2)17-5-3-16(4-6-17)11-20-12-26-23(32-20)28-22(29)14-31-24-27-21(13-30-24)18-7-9-19(25)10-8-18/h3-10,12-13,15H,11,14H2,1-2H3,(H,26,28,29). The number of thioether (sulfide) groups is 1. The van der Waals surface area contributed by atoms with Gasteiger partial charge in [0.2, 0.25) is 5.91 Å². The molecule has 0 fully saturated rings. The van der Waals surface area contributed by atoms with Crippen LogP contribution in [0.4, 0.5) is 5.13 Å². The van der Waals surface area contributed by atoms with E-state index in [-0.39, 0.29) is 5.91 Å². The molecule has 0 spiro atoms. The molecule has 8 heteroatoms. The minimum atomic E-state index is -0.0717. The van der Waals surface area contributed by atoms with E-state index in [9.17, 15) is 4.79 Å². The molecule has 0 bridgehead atoms. The van der Waals surface area contributed by atoms with E-state index < -0.39 is 0 Å². The number of benzene rings is 2. The van der Waals surface area contributed by atoms with Gasteiger partial charge in [0, 0.05) is 32.9 Å². The Morgan fingerprint density at radius 2 is 1.88 bits per heavy atom. The molecule has 0 saturated carbocycles. The molecule has 2 heterocycles. The van der Waals surface area contributed by atoms with Gasteiger partial charge in [-0.1, -0.05) is 77.9 Å². The topological polar surface area (TPSA) is 54.9 Å².